The Balaban J connectivity index is 2.19. The van der Waals surface area contributed by atoms with Crippen molar-refractivity contribution in [2.45, 2.75) is 39.2 Å². The van der Waals surface area contributed by atoms with Gasteiger partial charge in [-0.2, -0.15) is 0 Å². The first kappa shape index (κ1) is 12.6. The van der Waals surface area contributed by atoms with Crippen molar-refractivity contribution >= 4 is 27.6 Å². The molecule has 0 radical (unpaired) electrons. The van der Waals surface area contributed by atoms with Gasteiger partial charge in [-0.15, -0.1) is 0 Å². The van der Waals surface area contributed by atoms with Gasteiger partial charge in [0.2, 0.25) is 0 Å². The molecule has 4 N–H and O–H groups in total. The van der Waals surface area contributed by atoms with Gasteiger partial charge in [0, 0.05) is 6.04 Å². The van der Waals surface area contributed by atoms with Crippen LogP contribution in [-0.4, -0.2) is 16.0 Å². The zero-order valence-electron chi connectivity index (χ0n) is 10.1. The van der Waals surface area contributed by atoms with Crippen molar-refractivity contribution in [1.82, 2.24) is 9.97 Å². The van der Waals surface area contributed by atoms with Gasteiger partial charge < -0.3 is 10.7 Å². The van der Waals surface area contributed by atoms with Crippen LogP contribution >= 0.6 is 15.9 Å². The summed E-state index contributed by atoms with van der Waals surface area (Å²) in [7, 11) is 0. The van der Waals surface area contributed by atoms with Gasteiger partial charge in [-0.1, -0.05) is 20.3 Å². The first-order valence-corrected chi connectivity index (χ1v) is 6.57. The largest absolute Gasteiger partial charge is 0.366 e. The van der Waals surface area contributed by atoms with Crippen molar-refractivity contribution in [1.29, 1.82) is 0 Å². The van der Waals surface area contributed by atoms with Gasteiger partial charge >= 0.3 is 0 Å². The van der Waals surface area contributed by atoms with E-state index in [1.54, 1.807) is 0 Å². The second-order valence-corrected chi connectivity index (χ2v) is 5.90. The summed E-state index contributed by atoms with van der Waals surface area (Å²) < 4.78 is 0.783. The Hall–Kier alpha value is -0.880. The second-order valence-electron chi connectivity index (χ2n) is 5.11. The zero-order chi connectivity index (χ0) is 12.5. The molecule has 0 saturated heterocycles. The highest BCUT2D eigenvalue weighted by Crippen LogP contribution is 2.40. The Morgan fingerprint density at radius 1 is 1.41 bits per heavy atom. The molecule has 94 valence electrons. The Morgan fingerprint density at radius 3 is 2.71 bits per heavy atom. The molecule has 0 bridgehead atoms. The Bertz CT molecular complexity index is 407. The molecule has 0 aliphatic heterocycles. The van der Waals surface area contributed by atoms with Crippen molar-refractivity contribution < 1.29 is 0 Å². The van der Waals surface area contributed by atoms with E-state index in [0.29, 0.717) is 17.3 Å². The standard InChI is InChI=1S/C11H18BrN5/c1-11(2)5-3-4-7(11)16-9-8(12)10(17-13)15-6-14-9/h6-7H,3-5,13H2,1-2H3,(H2,14,15,16,17). The van der Waals surface area contributed by atoms with E-state index < -0.39 is 0 Å². The molecular formula is C11H18BrN5. The summed E-state index contributed by atoms with van der Waals surface area (Å²) in [6, 6.07) is 0.444. The number of nitrogens with one attached hydrogen (secondary N) is 2. The molecule has 1 unspecified atom stereocenters. The number of nitrogens with two attached hydrogens (primary N) is 1. The summed E-state index contributed by atoms with van der Waals surface area (Å²) in [5.74, 6) is 6.78. The molecular weight excluding hydrogens is 282 g/mol. The normalized spacial score (nSPS) is 22.5. The molecule has 0 amide bonds. The van der Waals surface area contributed by atoms with E-state index in [4.69, 9.17) is 5.84 Å². The number of nitrogens with zero attached hydrogens (tertiary/aromatic N) is 2. The Labute approximate surface area is 110 Å². The average molecular weight is 300 g/mol. The number of hydrogen-bond acceptors (Lipinski definition) is 5. The smallest absolute Gasteiger partial charge is 0.159 e. The van der Waals surface area contributed by atoms with Crippen LogP contribution in [-0.2, 0) is 0 Å². The third-order valence-corrected chi connectivity index (χ3v) is 4.25. The minimum atomic E-state index is 0.306. The summed E-state index contributed by atoms with van der Waals surface area (Å²) in [5.41, 5.74) is 2.85. The molecule has 1 atom stereocenters. The number of aromatic nitrogens is 2. The van der Waals surface area contributed by atoms with Crippen LogP contribution in [0.2, 0.25) is 0 Å². The van der Waals surface area contributed by atoms with Gasteiger partial charge in [0.05, 0.1) is 0 Å². The highest BCUT2D eigenvalue weighted by molar-refractivity contribution is 9.10. The molecule has 1 aliphatic carbocycles. The van der Waals surface area contributed by atoms with E-state index in [1.807, 2.05) is 0 Å². The van der Waals surface area contributed by atoms with Gasteiger partial charge in [0.15, 0.2) is 5.82 Å². The topological polar surface area (TPSA) is 75.9 Å². The molecule has 17 heavy (non-hydrogen) atoms. The first-order valence-electron chi connectivity index (χ1n) is 5.78. The van der Waals surface area contributed by atoms with Crippen LogP contribution in [0.4, 0.5) is 11.6 Å². The molecule has 1 saturated carbocycles. The predicted octanol–water partition coefficient (Wildman–Crippen LogP) is 2.52. The van der Waals surface area contributed by atoms with Crippen LogP contribution in [0.1, 0.15) is 33.1 Å². The van der Waals surface area contributed by atoms with Gasteiger partial charge in [-0.05, 0) is 34.2 Å². The Morgan fingerprint density at radius 2 is 2.12 bits per heavy atom. The number of rotatable bonds is 3. The van der Waals surface area contributed by atoms with Crippen molar-refractivity contribution in [3.05, 3.63) is 10.8 Å². The maximum atomic E-state index is 5.38. The monoisotopic (exact) mass is 299 g/mol. The maximum absolute atomic E-state index is 5.38. The van der Waals surface area contributed by atoms with E-state index in [-0.39, 0.29) is 0 Å². The van der Waals surface area contributed by atoms with Gasteiger partial charge in [0.1, 0.15) is 16.6 Å². The van der Waals surface area contributed by atoms with Crippen molar-refractivity contribution in [3.63, 3.8) is 0 Å². The van der Waals surface area contributed by atoms with E-state index in [1.165, 1.54) is 25.6 Å². The molecule has 1 heterocycles. The quantitative estimate of drug-likeness (QED) is 0.591. The first-order chi connectivity index (χ1) is 8.04. The summed E-state index contributed by atoms with van der Waals surface area (Å²) in [6.07, 6.45) is 5.18. The van der Waals surface area contributed by atoms with E-state index in [0.717, 1.165) is 10.3 Å². The lowest BCUT2D eigenvalue weighted by Gasteiger charge is -2.28. The molecule has 2 rings (SSSR count). The van der Waals surface area contributed by atoms with Crippen LogP contribution in [0.25, 0.3) is 0 Å². The highest BCUT2D eigenvalue weighted by Gasteiger charge is 2.34. The fraction of sp³-hybridized carbons (Fsp3) is 0.636. The summed E-state index contributed by atoms with van der Waals surface area (Å²) in [4.78, 5) is 8.29. The lowest BCUT2D eigenvalue weighted by molar-refractivity contribution is 0.349. The number of hydrazine groups is 1. The predicted molar refractivity (Wildman–Crippen MR) is 72.6 cm³/mol. The van der Waals surface area contributed by atoms with E-state index in [2.05, 4.69) is 50.5 Å². The molecule has 1 aliphatic rings. The highest BCUT2D eigenvalue weighted by atomic mass is 79.9. The van der Waals surface area contributed by atoms with Crippen LogP contribution in [0.5, 0.6) is 0 Å². The fourth-order valence-corrected chi connectivity index (χ4v) is 2.76. The second kappa shape index (κ2) is 4.78. The van der Waals surface area contributed by atoms with Crippen LogP contribution in [0.3, 0.4) is 0 Å². The molecule has 0 spiro atoms. The molecule has 0 aromatic carbocycles. The Kier molecular flexibility index (Phi) is 3.53. The summed E-state index contributed by atoms with van der Waals surface area (Å²) in [6.45, 7) is 4.57. The minimum Gasteiger partial charge on any atom is -0.366 e. The van der Waals surface area contributed by atoms with Gasteiger partial charge in [0.25, 0.3) is 0 Å². The number of nitrogen functional groups attached to an aromatic ring is 1. The van der Waals surface area contributed by atoms with E-state index >= 15 is 0 Å². The van der Waals surface area contributed by atoms with Crippen LogP contribution < -0.4 is 16.6 Å². The third-order valence-electron chi connectivity index (χ3n) is 3.49. The molecule has 1 fully saturated rings. The number of halogens is 1. The van der Waals surface area contributed by atoms with Crippen molar-refractivity contribution in [2.75, 3.05) is 10.7 Å². The maximum Gasteiger partial charge on any atom is 0.159 e. The van der Waals surface area contributed by atoms with Gasteiger partial charge in [-0.25, -0.2) is 15.8 Å². The molecule has 6 heteroatoms. The third kappa shape index (κ3) is 2.52. The lowest BCUT2D eigenvalue weighted by Crippen LogP contribution is -2.31. The van der Waals surface area contributed by atoms with E-state index in [9.17, 15) is 0 Å². The van der Waals surface area contributed by atoms with Gasteiger partial charge in [-0.3, -0.25) is 0 Å². The zero-order valence-corrected chi connectivity index (χ0v) is 11.7. The molecule has 1 aromatic rings. The van der Waals surface area contributed by atoms with Crippen LogP contribution in [0.15, 0.2) is 10.8 Å². The van der Waals surface area contributed by atoms with Crippen molar-refractivity contribution in [3.8, 4) is 0 Å². The molecule has 5 nitrogen and oxygen atoms in total. The fourth-order valence-electron chi connectivity index (χ4n) is 2.33. The summed E-state index contributed by atoms with van der Waals surface area (Å²) in [5, 5.41) is 3.48. The van der Waals surface area contributed by atoms with Crippen LogP contribution in [0, 0.1) is 5.41 Å². The SMILES string of the molecule is CC1(C)CCCC1Nc1ncnc(NN)c1Br. The minimum absolute atomic E-state index is 0.306. The average Bonchev–Trinajstić information content (AvgIpc) is 2.61. The molecule has 1 aromatic heterocycles. The summed E-state index contributed by atoms with van der Waals surface area (Å²) >= 11 is 3.46. The number of anilines is 2. The van der Waals surface area contributed by atoms with Crippen molar-refractivity contribution in [2.24, 2.45) is 11.3 Å². The lowest BCUT2D eigenvalue weighted by atomic mass is 9.87. The number of hydrogen-bond donors (Lipinski definition) is 3.